The summed E-state index contributed by atoms with van der Waals surface area (Å²) in [6.07, 6.45) is 6.56. The van der Waals surface area contributed by atoms with Crippen molar-refractivity contribution >= 4 is 22.8 Å². The van der Waals surface area contributed by atoms with Gasteiger partial charge in [0.2, 0.25) is 5.91 Å². The number of amides is 1. The summed E-state index contributed by atoms with van der Waals surface area (Å²) in [5.41, 5.74) is 1.12. The van der Waals surface area contributed by atoms with E-state index in [4.69, 9.17) is 0 Å². The van der Waals surface area contributed by atoms with Crippen molar-refractivity contribution < 1.29 is 4.79 Å². The maximum absolute atomic E-state index is 12.5. The van der Waals surface area contributed by atoms with E-state index in [9.17, 15) is 4.79 Å². The van der Waals surface area contributed by atoms with E-state index in [1.165, 1.54) is 12.8 Å². The molecule has 0 bridgehead atoms. The van der Waals surface area contributed by atoms with Crippen molar-refractivity contribution in [3.8, 4) is 0 Å². The molecule has 0 unspecified atom stereocenters. The van der Waals surface area contributed by atoms with Gasteiger partial charge in [0.1, 0.15) is 17.8 Å². The molecule has 4 rings (SSSR count). The summed E-state index contributed by atoms with van der Waals surface area (Å²) in [7, 11) is 2.11. The summed E-state index contributed by atoms with van der Waals surface area (Å²) < 4.78 is 0. The lowest BCUT2D eigenvalue weighted by Crippen LogP contribution is -2.40. The van der Waals surface area contributed by atoms with Crippen molar-refractivity contribution in [2.45, 2.75) is 39.2 Å². The summed E-state index contributed by atoms with van der Waals surface area (Å²) in [6.45, 7) is 5.91. The molecule has 1 atom stereocenters. The number of aromatic nitrogens is 3. The van der Waals surface area contributed by atoms with Gasteiger partial charge in [0.15, 0.2) is 0 Å². The number of H-pyrrole nitrogens is 1. The third-order valence-corrected chi connectivity index (χ3v) is 5.57. The van der Waals surface area contributed by atoms with Gasteiger partial charge in [0.05, 0.1) is 11.4 Å². The van der Waals surface area contributed by atoms with Crippen molar-refractivity contribution in [3.05, 3.63) is 18.6 Å². The Morgan fingerprint density at radius 2 is 2.25 bits per heavy atom. The molecule has 1 N–H and O–H groups in total. The minimum Gasteiger partial charge on any atom is -0.354 e. The van der Waals surface area contributed by atoms with E-state index in [-0.39, 0.29) is 5.41 Å². The zero-order chi connectivity index (χ0) is 16.9. The minimum atomic E-state index is 0.259. The molecule has 128 valence electrons. The van der Waals surface area contributed by atoms with Crippen LogP contribution in [0.2, 0.25) is 0 Å². The highest BCUT2D eigenvalue weighted by molar-refractivity contribution is 5.87. The fourth-order valence-electron chi connectivity index (χ4n) is 4.09. The highest BCUT2D eigenvalue weighted by atomic mass is 16.2. The molecular weight excluding hydrogens is 302 g/mol. The van der Waals surface area contributed by atoms with Gasteiger partial charge in [-0.3, -0.25) is 4.79 Å². The lowest BCUT2D eigenvalue weighted by atomic mass is 9.99. The molecule has 1 saturated carbocycles. The third-order valence-electron chi connectivity index (χ3n) is 5.57. The van der Waals surface area contributed by atoms with E-state index >= 15 is 0 Å². The molecule has 6 nitrogen and oxygen atoms in total. The van der Waals surface area contributed by atoms with Gasteiger partial charge in [0.25, 0.3) is 0 Å². The predicted octanol–water partition coefficient (Wildman–Crippen LogP) is 2.43. The van der Waals surface area contributed by atoms with E-state index in [0.29, 0.717) is 24.3 Å². The first-order valence-electron chi connectivity index (χ1n) is 8.79. The molecule has 3 heterocycles. The van der Waals surface area contributed by atoms with Crippen LogP contribution >= 0.6 is 0 Å². The van der Waals surface area contributed by atoms with Gasteiger partial charge in [-0.05, 0) is 24.8 Å². The van der Waals surface area contributed by atoms with Gasteiger partial charge in [-0.15, -0.1) is 0 Å². The number of nitrogens with one attached hydrogen (secondary N) is 1. The summed E-state index contributed by atoms with van der Waals surface area (Å²) in [4.78, 5) is 28.8. The lowest BCUT2D eigenvalue weighted by Gasteiger charge is -2.30. The predicted molar refractivity (Wildman–Crippen MR) is 93.8 cm³/mol. The lowest BCUT2D eigenvalue weighted by molar-refractivity contribution is -0.131. The Morgan fingerprint density at radius 1 is 1.46 bits per heavy atom. The summed E-state index contributed by atoms with van der Waals surface area (Å²) in [5.74, 6) is 1.66. The SMILES string of the molecule is CC(C)CC(=O)N1C[C@H](N(C)c2ncnc3[nH]ccc23)C2(CC2)C1. The molecule has 1 aliphatic carbocycles. The first-order chi connectivity index (χ1) is 11.5. The smallest absolute Gasteiger partial charge is 0.222 e. The molecule has 2 fully saturated rings. The number of fused-ring (bicyclic) bond motifs is 1. The van der Waals surface area contributed by atoms with Crippen LogP contribution in [-0.2, 0) is 4.79 Å². The first-order valence-corrected chi connectivity index (χ1v) is 8.79. The van der Waals surface area contributed by atoms with Gasteiger partial charge in [-0.25, -0.2) is 9.97 Å². The number of hydrogen-bond donors (Lipinski definition) is 1. The molecule has 2 aromatic rings. The van der Waals surface area contributed by atoms with Gasteiger partial charge in [-0.1, -0.05) is 13.8 Å². The van der Waals surface area contributed by atoms with Crippen LogP contribution in [-0.4, -0.2) is 51.9 Å². The van der Waals surface area contributed by atoms with Crippen LogP contribution < -0.4 is 4.90 Å². The number of hydrogen-bond acceptors (Lipinski definition) is 4. The molecule has 1 aliphatic heterocycles. The van der Waals surface area contributed by atoms with Gasteiger partial charge in [-0.2, -0.15) is 0 Å². The number of likely N-dealkylation sites (tertiary alicyclic amines) is 1. The maximum atomic E-state index is 12.5. The number of rotatable bonds is 4. The van der Waals surface area contributed by atoms with Crippen molar-refractivity contribution in [1.29, 1.82) is 0 Å². The highest BCUT2D eigenvalue weighted by Crippen LogP contribution is 2.55. The fourth-order valence-corrected chi connectivity index (χ4v) is 4.09. The molecule has 24 heavy (non-hydrogen) atoms. The van der Waals surface area contributed by atoms with Crippen LogP contribution in [0.25, 0.3) is 11.0 Å². The topological polar surface area (TPSA) is 65.1 Å². The molecule has 1 saturated heterocycles. The average molecular weight is 327 g/mol. The van der Waals surface area contributed by atoms with Gasteiger partial charge >= 0.3 is 0 Å². The Labute approximate surface area is 142 Å². The average Bonchev–Trinajstić information content (AvgIpc) is 2.98. The Balaban J connectivity index is 1.59. The Hall–Kier alpha value is -2.11. The number of carbonyl (C=O) groups is 1. The molecule has 0 aromatic carbocycles. The minimum absolute atomic E-state index is 0.259. The standard InChI is InChI=1S/C18H25N5O/c1-12(2)8-15(24)23-9-14(18(10-23)5-6-18)22(3)17-13-4-7-19-16(13)20-11-21-17/h4,7,11-12,14H,5-6,8-10H2,1-3H3,(H,19,20,21)/t14-/m0/s1. The van der Waals surface area contributed by atoms with Crippen molar-refractivity contribution in [2.24, 2.45) is 11.3 Å². The first kappa shape index (κ1) is 15.4. The highest BCUT2D eigenvalue weighted by Gasteiger charge is 2.57. The maximum Gasteiger partial charge on any atom is 0.222 e. The quantitative estimate of drug-likeness (QED) is 0.937. The number of nitrogens with zero attached hydrogens (tertiary/aromatic N) is 4. The normalized spacial score (nSPS) is 21.8. The fraction of sp³-hybridized carbons (Fsp3) is 0.611. The molecule has 1 amide bonds. The summed E-state index contributed by atoms with van der Waals surface area (Å²) >= 11 is 0. The van der Waals surface area contributed by atoms with E-state index < -0.39 is 0 Å². The van der Waals surface area contributed by atoms with Gasteiger partial charge in [0, 0.05) is 38.2 Å². The number of aromatic amines is 1. The second-order valence-electron chi connectivity index (χ2n) is 7.80. The van der Waals surface area contributed by atoms with Crippen LogP contribution in [0.3, 0.4) is 0 Å². The molecule has 0 radical (unpaired) electrons. The second-order valence-corrected chi connectivity index (χ2v) is 7.80. The molecular formula is C18H25N5O. The summed E-state index contributed by atoms with van der Waals surface area (Å²) in [5, 5.41) is 1.04. The summed E-state index contributed by atoms with van der Waals surface area (Å²) in [6, 6.07) is 2.36. The van der Waals surface area contributed by atoms with Crippen LogP contribution in [0, 0.1) is 11.3 Å². The zero-order valence-electron chi connectivity index (χ0n) is 14.6. The number of likely N-dealkylation sites (N-methyl/N-ethyl adjacent to an activating group) is 1. The Kier molecular flexibility index (Phi) is 3.51. The van der Waals surface area contributed by atoms with Gasteiger partial charge < -0.3 is 14.8 Å². The molecule has 2 aromatic heterocycles. The monoisotopic (exact) mass is 327 g/mol. The zero-order valence-corrected chi connectivity index (χ0v) is 14.6. The van der Waals surface area contributed by atoms with Crippen molar-refractivity contribution in [1.82, 2.24) is 19.9 Å². The third kappa shape index (κ3) is 2.44. The van der Waals surface area contributed by atoms with Crippen LogP contribution in [0.15, 0.2) is 18.6 Å². The van der Waals surface area contributed by atoms with Crippen LogP contribution in [0.1, 0.15) is 33.1 Å². The Morgan fingerprint density at radius 3 is 2.96 bits per heavy atom. The van der Waals surface area contributed by atoms with Crippen molar-refractivity contribution in [3.63, 3.8) is 0 Å². The largest absolute Gasteiger partial charge is 0.354 e. The van der Waals surface area contributed by atoms with E-state index in [1.807, 2.05) is 12.3 Å². The van der Waals surface area contributed by atoms with Crippen molar-refractivity contribution in [2.75, 3.05) is 25.0 Å². The van der Waals surface area contributed by atoms with E-state index in [2.05, 4.69) is 45.6 Å². The van der Waals surface area contributed by atoms with Crippen LogP contribution in [0.4, 0.5) is 5.82 Å². The van der Waals surface area contributed by atoms with E-state index in [0.717, 1.165) is 29.9 Å². The number of carbonyl (C=O) groups excluding carboxylic acids is 1. The molecule has 2 aliphatic rings. The van der Waals surface area contributed by atoms with Crippen LogP contribution in [0.5, 0.6) is 0 Å². The second kappa shape index (κ2) is 5.46. The molecule has 1 spiro atoms. The van der Waals surface area contributed by atoms with E-state index in [1.54, 1.807) is 6.33 Å². The Bertz CT molecular complexity index is 764. The number of anilines is 1. The molecule has 6 heteroatoms.